The third-order valence-corrected chi connectivity index (χ3v) is 4.56. The van der Waals surface area contributed by atoms with Gasteiger partial charge in [-0.05, 0) is 24.8 Å². The van der Waals surface area contributed by atoms with Crippen molar-refractivity contribution in [1.82, 2.24) is 9.62 Å². The van der Waals surface area contributed by atoms with Crippen LogP contribution in [0.2, 0.25) is 0 Å². The van der Waals surface area contributed by atoms with Gasteiger partial charge >= 0.3 is 0 Å². The van der Waals surface area contributed by atoms with E-state index in [9.17, 15) is 13.2 Å². The van der Waals surface area contributed by atoms with E-state index in [0.717, 1.165) is 31.1 Å². The molecule has 1 atom stereocenters. The summed E-state index contributed by atoms with van der Waals surface area (Å²) in [7, 11) is -3.24. The van der Waals surface area contributed by atoms with Gasteiger partial charge in [0.25, 0.3) is 0 Å². The molecule has 1 saturated heterocycles. The van der Waals surface area contributed by atoms with Crippen LogP contribution in [-0.2, 0) is 26.2 Å². The largest absolute Gasteiger partial charge is 0.367 e. The first-order valence-corrected chi connectivity index (χ1v) is 9.70. The molecule has 1 aromatic carbocycles. The molecular formula is C16H24N2O4S. The van der Waals surface area contributed by atoms with Crippen LogP contribution in [0.4, 0.5) is 0 Å². The molecule has 1 aliphatic heterocycles. The van der Waals surface area contributed by atoms with Crippen LogP contribution in [0.5, 0.6) is 0 Å². The van der Waals surface area contributed by atoms with E-state index < -0.39 is 10.0 Å². The number of rotatable bonds is 7. The number of likely N-dealkylation sites (tertiary alicyclic amines) is 1. The summed E-state index contributed by atoms with van der Waals surface area (Å²) < 4.78 is 30.5. The number of carbonyl (C=O) groups is 1. The lowest BCUT2D eigenvalue weighted by Gasteiger charge is -2.35. The van der Waals surface area contributed by atoms with E-state index in [4.69, 9.17) is 4.74 Å². The van der Waals surface area contributed by atoms with Gasteiger partial charge in [-0.3, -0.25) is 4.79 Å². The Morgan fingerprint density at radius 2 is 2.04 bits per heavy atom. The van der Waals surface area contributed by atoms with Crippen LogP contribution in [0.15, 0.2) is 30.3 Å². The normalized spacial score (nSPS) is 18.8. The molecule has 1 N–H and O–H groups in total. The molecule has 0 aliphatic carbocycles. The van der Waals surface area contributed by atoms with Crippen LogP contribution in [0, 0.1) is 0 Å². The molecule has 7 heteroatoms. The maximum atomic E-state index is 12.3. The summed E-state index contributed by atoms with van der Waals surface area (Å²) in [5.41, 5.74) is 1.02. The van der Waals surface area contributed by atoms with Gasteiger partial charge in [-0.25, -0.2) is 13.1 Å². The van der Waals surface area contributed by atoms with E-state index in [1.165, 1.54) is 0 Å². The van der Waals surface area contributed by atoms with E-state index >= 15 is 0 Å². The third-order valence-electron chi connectivity index (χ3n) is 3.87. The van der Waals surface area contributed by atoms with E-state index in [1.807, 2.05) is 30.3 Å². The lowest BCUT2D eigenvalue weighted by atomic mass is 10.0. The number of nitrogens with one attached hydrogen (secondary N) is 1. The quantitative estimate of drug-likeness (QED) is 0.807. The fourth-order valence-corrected chi connectivity index (χ4v) is 3.20. The second-order valence-electron chi connectivity index (χ2n) is 5.84. The fraction of sp³-hybridized carbons (Fsp3) is 0.562. The first kappa shape index (κ1) is 17.9. The van der Waals surface area contributed by atoms with Crippen molar-refractivity contribution in [2.75, 3.05) is 26.0 Å². The number of ether oxygens (including phenoxy) is 1. The minimum atomic E-state index is -3.24. The number of amides is 1. The van der Waals surface area contributed by atoms with Gasteiger partial charge in [0, 0.05) is 19.1 Å². The third kappa shape index (κ3) is 6.29. The van der Waals surface area contributed by atoms with Crippen molar-refractivity contribution in [3.05, 3.63) is 35.9 Å². The molecule has 0 radical (unpaired) electrons. The first-order chi connectivity index (χ1) is 11.0. The van der Waals surface area contributed by atoms with E-state index in [1.54, 1.807) is 4.90 Å². The summed E-state index contributed by atoms with van der Waals surface area (Å²) in [5, 5.41) is 0. The summed E-state index contributed by atoms with van der Waals surface area (Å²) in [5.74, 6) is -0.0825. The molecular weight excluding hydrogens is 316 g/mol. The second kappa shape index (κ2) is 8.42. The molecule has 23 heavy (non-hydrogen) atoms. The highest BCUT2D eigenvalue weighted by molar-refractivity contribution is 7.88. The Kier molecular flexibility index (Phi) is 6.56. The van der Waals surface area contributed by atoms with Crippen molar-refractivity contribution in [2.45, 2.75) is 31.9 Å². The Labute approximate surface area is 137 Å². The summed E-state index contributed by atoms with van der Waals surface area (Å²) >= 11 is 0. The van der Waals surface area contributed by atoms with Gasteiger partial charge in [-0.2, -0.15) is 0 Å². The zero-order valence-electron chi connectivity index (χ0n) is 13.4. The summed E-state index contributed by atoms with van der Waals surface area (Å²) in [4.78, 5) is 14.1. The SMILES string of the molecule is CS(=O)(=O)NC[C@@H]1CCCCN1C(=O)COCc1ccccc1. The van der Waals surface area contributed by atoms with Crippen LogP contribution < -0.4 is 4.72 Å². The minimum Gasteiger partial charge on any atom is -0.367 e. The molecule has 2 rings (SSSR count). The van der Waals surface area contributed by atoms with Crippen LogP contribution in [0.1, 0.15) is 24.8 Å². The highest BCUT2D eigenvalue weighted by Gasteiger charge is 2.27. The number of hydrogen-bond donors (Lipinski definition) is 1. The molecule has 1 aliphatic rings. The van der Waals surface area contributed by atoms with Gasteiger partial charge in [0.05, 0.1) is 12.9 Å². The van der Waals surface area contributed by atoms with Crippen molar-refractivity contribution in [3.63, 3.8) is 0 Å². The Hall–Kier alpha value is -1.44. The summed E-state index contributed by atoms with van der Waals surface area (Å²) in [6, 6.07) is 9.60. The van der Waals surface area contributed by atoms with Crippen LogP contribution >= 0.6 is 0 Å². The number of piperidine rings is 1. The molecule has 0 bridgehead atoms. The topological polar surface area (TPSA) is 75.7 Å². The molecule has 1 amide bonds. The molecule has 1 fully saturated rings. The molecule has 128 valence electrons. The highest BCUT2D eigenvalue weighted by Crippen LogP contribution is 2.17. The number of carbonyl (C=O) groups excluding carboxylic acids is 1. The van der Waals surface area contributed by atoms with Crippen LogP contribution in [0.3, 0.4) is 0 Å². The zero-order chi connectivity index (χ0) is 16.7. The van der Waals surface area contributed by atoms with Crippen molar-refractivity contribution in [3.8, 4) is 0 Å². The highest BCUT2D eigenvalue weighted by atomic mass is 32.2. The number of sulfonamides is 1. The van der Waals surface area contributed by atoms with Crippen molar-refractivity contribution in [2.24, 2.45) is 0 Å². The minimum absolute atomic E-state index is 0.0181. The number of benzene rings is 1. The average Bonchev–Trinajstić information content (AvgIpc) is 2.53. The second-order valence-corrected chi connectivity index (χ2v) is 7.67. The lowest BCUT2D eigenvalue weighted by Crippen LogP contribution is -2.50. The van der Waals surface area contributed by atoms with E-state index in [2.05, 4.69) is 4.72 Å². The van der Waals surface area contributed by atoms with Crippen LogP contribution in [-0.4, -0.2) is 51.2 Å². The van der Waals surface area contributed by atoms with E-state index in [-0.39, 0.29) is 25.1 Å². The van der Waals surface area contributed by atoms with E-state index in [0.29, 0.717) is 13.2 Å². The maximum Gasteiger partial charge on any atom is 0.248 e. The zero-order valence-corrected chi connectivity index (χ0v) is 14.2. The lowest BCUT2D eigenvalue weighted by molar-refractivity contribution is -0.140. The van der Waals surface area contributed by atoms with Crippen molar-refractivity contribution >= 4 is 15.9 Å². The van der Waals surface area contributed by atoms with Gasteiger partial charge in [0.15, 0.2) is 0 Å². The Balaban J connectivity index is 1.82. The predicted molar refractivity (Wildman–Crippen MR) is 88.3 cm³/mol. The van der Waals surface area contributed by atoms with Crippen LogP contribution in [0.25, 0.3) is 0 Å². The first-order valence-electron chi connectivity index (χ1n) is 7.81. The molecule has 6 nitrogen and oxygen atoms in total. The summed E-state index contributed by atoms with van der Waals surface area (Å²) in [6.45, 7) is 1.34. The Bertz CT molecular complexity index is 604. The standard InChI is InChI=1S/C16H24N2O4S/c1-23(20,21)17-11-15-9-5-6-10-18(15)16(19)13-22-12-14-7-3-2-4-8-14/h2-4,7-8,15,17H,5-6,9-13H2,1H3/t15-/m0/s1. The number of nitrogens with zero attached hydrogens (tertiary/aromatic N) is 1. The molecule has 0 unspecified atom stereocenters. The molecule has 0 aromatic heterocycles. The van der Waals surface area contributed by atoms with Gasteiger partial charge < -0.3 is 9.64 Å². The van der Waals surface area contributed by atoms with Crippen molar-refractivity contribution < 1.29 is 17.9 Å². The molecule has 1 aromatic rings. The molecule has 0 saturated carbocycles. The Morgan fingerprint density at radius 3 is 2.74 bits per heavy atom. The van der Waals surface area contributed by atoms with Gasteiger partial charge in [-0.1, -0.05) is 30.3 Å². The molecule has 0 spiro atoms. The maximum absolute atomic E-state index is 12.3. The predicted octanol–water partition coefficient (Wildman–Crippen LogP) is 1.13. The number of hydrogen-bond acceptors (Lipinski definition) is 4. The van der Waals surface area contributed by atoms with Gasteiger partial charge in [0.1, 0.15) is 6.61 Å². The Morgan fingerprint density at radius 1 is 1.30 bits per heavy atom. The van der Waals surface area contributed by atoms with Crippen molar-refractivity contribution in [1.29, 1.82) is 0 Å². The molecule has 1 heterocycles. The van der Waals surface area contributed by atoms with Gasteiger partial charge in [0.2, 0.25) is 15.9 Å². The average molecular weight is 340 g/mol. The summed E-state index contributed by atoms with van der Waals surface area (Å²) in [6.07, 6.45) is 3.89. The monoisotopic (exact) mass is 340 g/mol. The smallest absolute Gasteiger partial charge is 0.248 e. The fourth-order valence-electron chi connectivity index (χ4n) is 2.70. The van der Waals surface area contributed by atoms with Gasteiger partial charge in [-0.15, -0.1) is 0 Å².